The van der Waals surface area contributed by atoms with E-state index < -0.39 is 23.7 Å². The molecule has 2 aromatic rings. The molecular weight excluding hydrogens is 347 g/mol. The van der Waals surface area contributed by atoms with Gasteiger partial charge >= 0.3 is 6.03 Å². The maximum absolute atomic E-state index is 13.4. The molecule has 0 radical (unpaired) electrons. The van der Waals surface area contributed by atoms with Gasteiger partial charge in [0.05, 0.1) is 0 Å². The van der Waals surface area contributed by atoms with Crippen molar-refractivity contribution in [3.05, 3.63) is 59.4 Å². The van der Waals surface area contributed by atoms with E-state index in [2.05, 4.69) is 10.6 Å². The van der Waals surface area contributed by atoms with Gasteiger partial charge in [0.25, 0.3) is 0 Å². The van der Waals surface area contributed by atoms with Crippen molar-refractivity contribution in [2.24, 2.45) is 0 Å². The highest BCUT2D eigenvalue weighted by atomic mass is 19.1. The van der Waals surface area contributed by atoms with Crippen molar-refractivity contribution in [3.8, 4) is 0 Å². The Morgan fingerprint density at radius 3 is 2.46 bits per heavy atom. The molecule has 2 aromatic carbocycles. The highest BCUT2D eigenvalue weighted by Gasteiger charge is 2.33. The lowest BCUT2D eigenvalue weighted by Gasteiger charge is -2.18. The molecule has 136 valence electrons. The second-order valence-electron chi connectivity index (χ2n) is 6.02. The molecule has 0 aliphatic carbocycles. The van der Waals surface area contributed by atoms with Crippen molar-refractivity contribution in [1.82, 2.24) is 5.32 Å². The lowest BCUT2D eigenvalue weighted by atomic mass is 10.2. The van der Waals surface area contributed by atoms with Gasteiger partial charge in [-0.2, -0.15) is 0 Å². The number of benzene rings is 2. The Kier molecular flexibility index (Phi) is 4.83. The number of halogens is 3. The number of amides is 3. The lowest BCUT2D eigenvalue weighted by Crippen LogP contribution is -2.43. The number of aryl methyl sites for hydroxylation is 1. The minimum absolute atomic E-state index is 0.0588. The smallest absolute Gasteiger partial charge is 0.319 e. The van der Waals surface area contributed by atoms with Crippen molar-refractivity contribution < 1.29 is 22.8 Å². The van der Waals surface area contributed by atoms with E-state index in [0.29, 0.717) is 30.3 Å². The van der Waals surface area contributed by atoms with E-state index in [0.717, 1.165) is 12.1 Å². The molecule has 0 unspecified atom stereocenters. The molecule has 1 aliphatic rings. The van der Waals surface area contributed by atoms with E-state index in [4.69, 9.17) is 0 Å². The molecule has 3 amide bonds. The first kappa shape index (κ1) is 17.8. The van der Waals surface area contributed by atoms with E-state index in [1.807, 2.05) is 0 Å². The van der Waals surface area contributed by atoms with Gasteiger partial charge in [-0.3, -0.25) is 4.79 Å². The molecule has 5 nitrogen and oxygen atoms in total. The number of hydrogen-bond donors (Lipinski definition) is 2. The predicted molar refractivity (Wildman–Crippen MR) is 90.4 cm³/mol. The fourth-order valence-electron chi connectivity index (χ4n) is 2.82. The van der Waals surface area contributed by atoms with E-state index in [9.17, 15) is 22.8 Å². The van der Waals surface area contributed by atoms with Crippen molar-refractivity contribution in [2.75, 3.05) is 16.8 Å². The Bertz CT molecular complexity index is 853. The van der Waals surface area contributed by atoms with Gasteiger partial charge in [-0.05, 0) is 49.2 Å². The van der Waals surface area contributed by atoms with Gasteiger partial charge in [-0.15, -0.1) is 0 Å². The highest BCUT2D eigenvalue weighted by Crippen LogP contribution is 2.24. The van der Waals surface area contributed by atoms with Gasteiger partial charge in [0.15, 0.2) is 0 Å². The maximum atomic E-state index is 13.4. The standard InChI is InChI=1S/C18H16F3N3O2/c1-10-6-14(2-3-15(10)21)24-5-4-16(17(24)25)23-18(26)22-13-8-11(19)7-12(20)9-13/h2-3,6-9,16H,4-5H2,1H3,(H2,22,23,26)/t16-/m1/s1. The molecule has 8 heteroatoms. The number of anilines is 2. The lowest BCUT2D eigenvalue weighted by molar-refractivity contribution is -0.118. The molecule has 26 heavy (non-hydrogen) atoms. The van der Waals surface area contributed by atoms with Crippen LogP contribution in [-0.2, 0) is 4.79 Å². The number of urea groups is 1. The van der Waals surface area contributed by atoms with Crippen LogP contribution in [0.25, 0.3) is 0 Å². The number of nitrogens with one attached hydrogen (secondary N) is 2. The van der Waals surface area contributed by atoms with E-state index in [1.165, 1.54) is 17.0 Å². The zero-order chi connectivity index (χ0) is 18.8. The molecule has 3 rings (SSSR count). The fraction of sp³-hybridized carbons (Fsp3) is 0.222. The number of carbonyl (C=O) groups is 2. The largest absolute Gasteiger partial charge is 0.326 e. The van der Waals surface area contributed by atoms with E-state index in [-0.39, 0.29) is 17.4 Å². The first-order valence-corrected chi connectivity index (χ1v) is 7.94. The number of rotatable bonds is 3. The van der Waals surface area contributed by atoms with Crippen molar-refractivity contribution >= 4 is 23.3 Å². The first-order valence-electron chi connectivity index (χ1n) is 7.94. The van der Waals surface area contributed by atoms with Crippen LogP contribution < -0.4 is 15.5 Å². The second-order valence-corrected chi connectivity index (χ2v) is 6.02. The summed E-state index contributed by atoms with van der Waals surface area (Å²) in [5, 5.41) is 4.77. The van der Waals surface area contributed by atoms with Crippen molar-refractivity contribution in [3.63, 3.8) is 0 Å². The minimum atomic E-state index is -0.824. The molecule has 1 fully saturated rings. The highest BCUT2D eigenvalue weighted by molar-refractivity contribution is 6.02. The average Bonchev–Trinajstić information content (AvgIpc) is 2.90. The summed E-state index contributed by atoms with van der Waals surface area (Å²) < 4.78 is 39.7. The average molecular weight is 363 g/mol. The summed E-state index contributed by atoms with van der Waals surface area (Å²) in [5.74, 6) is -2.35. The summed E-state index contributed by atoms with van der Waals surface area (Å²) in [7, 11) is 0. The van der Waals surface area contributed by atoms with Crippen LogP contribution in [0, 0.1) is 24.4 Å². The molecule has 2 N–H and O–H groups in total. The van der Waals surface area contributed by atoms with Crippen LogP contribution in [0.2, 0.25) is 0 Å². The maximum Gasteiger partial charge on any atom is 0.319 e. The van der Waals surface area contributed by atoms with Crippen LogP contribution in [0.15, 0.2) is 36.4 Å². The van der Waals surface area contributed by atoms with Gasteiger partial charge in [0.1, 0.15) is 23.5 Å². The van der Waals surface area contributed by atoms with Crippen LogP contribution in [0.5, 0.6) is 0 Å². The van der Waals surface area contributed by atoms with Crippen molar-refractivity contribution in [2.45, 2.75) is 19.4 Å². The summed E-state index contributed by atoms with van der Waals surface area (Å²) in [4.78, 5) is 25.9. The zero-order valence-electron chi connectivity index (χ0n) is 13.9. The Hall–Kier alpha value is -3.03. The summed E-state index contributed by atoms with van der Waals surface area (Å²) in [6.45, 7) is 1.96. The number of nitrogens with zero attached hydrogens (tertiary/aromatic N) is 1. The second kappa shape index (κ2) is 7.07. The van der Waals surface area contributed by atoms with Gasteiger partial charge < -0.3 is 15.5 Å². The Labute approximate surface area is 147 Å². The van der Waals surface area contributed by atoms with Crippen LogP contribution in [0.3, 0.4) is 0 Å². The summed E-state index contributed by atoms with van der Waals surface area (Å²) in [5.41, 5.74) is 0.903. The van der Waals surface area contributed by atoms with E-state index in [1.54, 1.807) is 13.0 Å². The predicted octanol–water partition coefficient (Wildman–Crippen LogP) is 3.34. The molecule has 0 aromatic heterocycles. The Balaban J connectivity index is 1.64. The molecule has 0 saturated carbocycles. The van der Waals surface area contributed by atoms with Gasteiger partial charge in [-0.25, -0.2) is 18.0 Å². The third kappa shape index (κ3) is 3.79. The molecule has 0 bridgehead atoms. The molecule has 1 aliphatic heterocycles. The van der Waals surface area contributed by atoms with Gasteiger partial charge in [-0.1, -0.05) is 0 Å². The monoisotopic (exact) mass is 363 g/mol. The first-order chi connectivity index (χ1) is 12.3. The van der Waals surface area contributed by atoms with Crippen LogP contribution in [0.4, 0.5) is 29.3 Å². The SMILES string of the molecule is Cc1cc(N2CC[C@@H](NC(=O)Nc3cc(F)cc(F)c3)C2=O)ccc1F. The summed E-state index contributed by atoms with van der Waals surface area (Å²) in [6.07, 6.45) is 0.361. The van der Waals surface area contributed by atoms with E-state index >= 15 is 0 Å². The van der Waals surface area contributed by atoms with Crippen molar-refractivity contribution in [1.29, 1.82) is 0 Å². The molecular formula is C18H16F3N3O2. The third-order valence-electron chi connectivity index (χ3n) is 4.08. The zero-order valence-corrected chi connectivity index (χ0v) is 13.9. The topological polar surface area (TPSA) is 61.4 Å². The Morgan fingerprint density at radius 1 is 1.12 bits per heavy atom. The quantitative estimate of drug-likeness (QED) is 0.879. The van der Waals surface area contributed by atoms with Crippen LogP contribution in [0.1, 0.15) is 12.0 Å². The summed E-state index contributed by atoms with van der Waals surface area (Å²) >= 11 is 0. The number of hydrogen-bond acceptors (Lipinski definition) is 2. The molecule has 1 heterocycles. The van der Waals surface area contributed by atoms with Crippen LogP contribution in [-0.4, -0.2) is 24.5 Å². The molecule has 1 atom stereocenters. The normalized spacial score (nSPS) is 16.7. The minimum Gasteiger partial charge on any atom is -0.326 e. The van der Waals surface area contributed by atoms with Crippen LogP contribution >= 0.6 is 0 Å². The molecule has 1 saturated heterocycles. The molecule has 0 spiro atoms. The number of carbonyl (C=O) groups excluding carboxylic acids is 2. The summed E-state index contributed by atoms with van der Waals surface area (Å²) in [6, 6.07) is 5.43. The third-order valence-corrected chi connectivity index (χ3v) is 4.08. The van der Waals surface area contributed by atoms with Gasteiger partial charge in [0.2, 0.25) is 5.91 Å². The Morgan fingerprint density at radius 2 is 1.81 bits per heavy atom. The fourth-order valence-corrected chi connectivity index (χ4v) is 2.82. The van der Waals surface area contributed by atoms with Gasteiger partial charge in [0, 0.05) is 24.0 Å².